The van der Waals surface area contributed by atoms with Crippen LogP contribution < -0.4 is 4.90 Å². The van der Waals surface area contributed by atoms with Crippen molar-refractivity contribution in [3.63, 3.8) is 0 Å². The van der Waals surface area contributed by atoms with Crippen molar-refractivity contribution in [3.8, 4) is 0 Å². The van der Waals surface area contributed by atoms with Gasteiger partial charge < -0.3 is 4.90 Å². The molecule has 1 N–H and O–H groups in total. The Labute approximate surface area is 51.7 Å². The molecule has 0 radical (unpaired) electrons. The summed E-state index contributed by atoms with van der Waals surface area (Å²) in [5, 5.41) is 0. The average Bonchev–Trinajstić information content (AvgIpc) is 1.77. The molecule has 0 aromatic rings. The molecule has 8 heavy (non-hydrogen) atoms. The van der Waals surface area contributed by atoms with E-state index in [2.05, 4.69) is 14.0 Å². The second kappa shape index (κ2) is 2.49. The molecule has 1 fully saturated rings. The first-order valence-electron chi connectivity index (χ1n) is 3.48. The van der Waals surface area contributed by atoms with Crippen LogP contribution in [0.2, 0.25) is 0 Å². The minimum absolute atomic E-state index is 0.809. The van der Waals surface area contributed by atoms with Crippen LogP contribution in [0.1, 0.15) is 26.2 Å². The minimum Gasteiger partial charge on any atom is -0.466 e. The maximum absolute atomic E-state index is 4.00. The van der Waals surface area contributed by atoms with Gasteiger partial charge in [-0.1, -0.05) is 0 Å². The van der Waals surface area contributed by atoms with E-state index < -0.39 is 0 Å². The molecule has 2 atom stereocenters. The van der Waals surface area contributed by atoms with Crippen LogP contribution in [0.15, 0.2) is 0 Å². The Hall–Kier alpha value is -0.0400. The predicted octanol–water partition coefficient (Wildman–Crippen LogP) is 0.235. The van der Waals surface area contributed by atoms with E-state index in [1.54, 1.807) is 0 Å². The Morgan fingerprint density at radius 2 is 2.25 bits per heavy atom. The van der Waals surface area contributed by atoms with E-state index in [1.807, 2.05) is 0 Å². The molecule has 0 aromatic carbocycles. The topological polar surface area (TPSA) is 4.44 Å². The maximum atomic E-state index is 4.00. The Morgan fingerprint density at radius 3 is 2.62 bits per heavy atom. The molecule has 1 nitrogen and oxygen atoms in total. The van der Waals surface area contributed by atoms with Gasteiger partial charge in [0.15, 0.2) is 0 Å². The van der Waals surface area contributed by atoms with Gasteiger partial charge in [-0.05, 0) is 26.2 Å². The van der Waals surface area contributed by atoms with Crippen LogP contribution in [0.3, 0.4) is 0 Å². The lowest BCUT2D eigenvalue weighted by Gasteiger charge is -2.32. The van der Waals surface area contributed by atoms with Crippen LogP contribution in [0.4, 0.5) is 0 Å². The van der Waals surface area contributed by atoms with Gasteiger partial charge in [0.2, 0.25) is 0 Å². The summed E-state index contributed by atoms with van der Waals surface area (Å²) in [6, 6.07) is 0.809. The van der Waals surface area contributed by atoms with E-state index in [0.29, 0.717) is 0 Å². The summed E-state index contributed by atoms with van der Waals surface area (Å²) in [6.45, 7) is 3.56. The fourth-order valence-electron chi connectivity index (χ4n) is 1.25. The van der Waals surface area contributed by atoms with Crippen molar-refractivity contribution in [2.45, 2.75) is 32.2 Å². The van der Waals surface area contributed by atoms with Gasteiger partial charge >= 0.3 is 0 Å². The second-order valence-electron chi connectivity index (χ2n) is 2.81. The standard InChI is InChI=1S/C7H15N/c1-7-5-3-4-6-8(7)2/h7-8H,2-6H2,1H3. The van der Waals surface area contributed by atoms with Crippen molar-refractivity contribution in [1.29, 1.82) is 0 Å². The van der Waals surface area contributed by atoms with Gasteiger partial charge in [0.1, 0.15) is 0 Å². The van der Waals surface area contributed by atoms with Crippen LogP contribution >= 0.6 is 0 Å². The van der Waals surface area contributed by atoms with Gasteiger partial charge in [-0.2, -0.15) is 7.05 Å². The van der Waals surface area contributed by atoms with Gasteiger partial charge in [-0.25, -0.2) is 0 Å². The van der Waals surface area contributed by atoms with E-state index in [9.17, 15) is 0 Å². The highest BCUT2D eigenvalue weighted by Crippen LogP contribution is 2.00. The average molecular weight is 113 g/mol. The number of hydrogen-bond acceptors (Lipinski definition) is 0. The van der Waals surface area contributed by atoms with Gasteiger partial charge in [-0.15, -0.1) is 0 Å². The van der Waals surface area contributed by atoms with Gasteiger partial charge in [-0.3, -0.25) is 0 Å². The largest absolute Gasteiger partial charge is 0.466 e. The highest BCUT2D eigenvalue weighted by atomic mass is 15.1. The molecule has 0 aromatic heterocycles. The minimum atomic E-state index is 0.809. The quantitative estimate of drug-likeness (QED) is 0.429. The summed E-state index contributed by atoms with van der Waals surface area (Å²) in [7, 11) is 4.00. The Morgan fingerprint density at radius 1 is 1.50 bits per heavy atom. The smallest absolute Gasteiger partial charge is 0.0606 e. The lowest BCUT2D eigenvalue weighted by atomic mass is 10.1. The molecule has 1 aliphatic heterocycles. The molecule has 0 spiro atoms. The molecular weight excluding hydrogens is 98.1 g/mol. The van der Waals surface area contributed by atoms with Crippen molar-refractivity contribution in [2.24, 2.45) is 0 Å². The molecule has 0 saturated carbocycles. The lowest BCUT2D eigenvalue weighted by molar-refractivity contribution is -0.884. The van der Waals surface area contributed by atoms with Crippen LogP contribution in [0, 0.1) is 7.05 Å². The Kier molecular flexibility index (Phi) is 1.90. The second-order valence-corrected chi connectivity index (χ2v) is 2.81. The van der Waals surface area contributed by atoms with Crippen LogP contribution in [0.5, 0.6) is 0 Å². The molecular formula is C7H15N. The summed E-state index contributed by atoms with van der Waals surface area (Å²) in [5.41, 5.74) is 0. The predicted molar refractivity (Wildman–Crippen MR) is 34.5 cm³/mol. The third-order valence-electron chi connectivity index (χ3n) is 2.08. The number of piperidine rings is 1. The first kappa shape index (κ1) is 6.09. The van der Waals surface area contributed by atoms with E-state index in [-0.39, 0.29) is 0 Å². The number of hydrogen-bond donors (Lipinski definition) is 1. The Balaban J connectivity index is 2.28. The zero-order chi connectivity index (χ0) is 5.98. The van der Waals surface area contributed by atoms with Crippen molar-refractivity contribution >= 4 is 0 Å². The van der Waals surface area contributed by atoms with E-state index in [0.717, 1.165) is 6.04 Å². The molecule has 1 heteroatoms. The molecule has 48 valence electrons. The normalized spacial score (nSPS) is 39.8. The summed E-state index contributed by atoms with van der Waals surface area (Å²) in [4.78, 5) is 1.47. The fourth-order valence-corrected chi connectivity index (χ4v) is 1.25. The molecule has 1 aliphatic rings. The monoisotopic (exact) mass is 113 g/mol. The molecule has 1 rings (SSSR count). The van der Waals surface area contributed by atoms with E-state index in [1.165, 1.54) is 30.7 Å². The number of quaternary nitrogens is 1. The highest BCUT2D eigenvalue weighted by molar-refractivity contribution is 4.54. The number of nitrogens with one attached hydrogen (secondary N) is 1. The molecule has 0 amide bonds. The first-order valence-corrected chi connectivity index (χ1v) is 3.48. The van der Waals surface area contributed by atoms with E-state index in [4.69, 9.17) is 0 Å². The molecule has 1 heterocycles. The van der Waals surface area contributed by atoms with Crippen LogP contribution in [0.25, 0.3) is 0 Å². The van der Waals surface area contributed by atoms with Gasteiger partial charge in [0.05, 0.1) is 12.6 Å². The number of rotatable bonds is 0. The van der Waals surface area contributed by atoms with Crippen molar-refractivity contribution in [1.82, 2.24) is 0 Å². The van der Waals surface area contributed by atoms with Crippen molar-refractivity contribution in [2.75, 3.05) is 6.54 Å². The third kappa shape index (κ3) is 1.22. The summed E-state index contributed by atoms with van der Waals surface area (Å²) in [5.74, 6) is 0. The summed E-state index contributed by atoms with van der Waals surface area (Å²) >= 11 is 0. The zero-order valence-corrected chi connectivity index (χ0v) is 5.61. The van der Waals surface area contributed by atoms with Gasteiger partial charge in [0, 0.05) is 0 Å². The molecule has 1 saturated heterocycles. The lowest BCUT2D eigenvalue weighted by Crippen LogP contribution is -3.11. The van der Waals surface area contributed by atoms with Crippen molar-refractivity contribution < 1.29 is 4.90 Å². The highest BCUT2D eigenvalue weighted by Gasteiger charge is 2.12. The number of likely N-dealkylation sites (tertiary alicyclic amines) is 1. The van der Waals surface area contributed by atoms with Crippen LogP contribution in [-0.2, 0) is 0 Å². The zero-order valence-electron chi connectivity index (χ0n) is 5.61. The molecule has 0 aliphatic carbocycles. The third-order valence-corrected chi connectivity index (χ3v) is 2.08. The fraction of sp³-hybridized carbons (Fsp3) is 0.857. The first-order chi connectivity index (χ1) is 3.80. The maximum Gasteiger partial charge on any atom is 0.0606 e. The van der Waals surface area contributed by atoms with E-state index >= 15 is 0 Å². The van der Waals surface area contributed by atoms with Crippen molar-refractivity contribution in [3.05, 3.63) is 7.05 Å². The Bertz CT molecular complexity index is 60.8. The molecule has 2 unspecified atom stereocenters. The summed E-state index contributed by atoms with van der Waals surface area (Å²) < 4.78 is 0. The SMILES string of the molecule is [CH2-][NH+]1CCCCC1C. The summed E-state index contributed by atoms with van der Waals surface area (Å²) in [6.07, 6.45) is 4.17. The molecule has 0 bridgehead atoms. The van der Waals surface area contributed by atoms with Crippen LogP contribution in [-0.4, -0.2) is 12.6 Å². The van der Waals surface area contributed by atoms with Gasteiger partial charge in [0.25, 0.3) is 0 Å².